The van der Waals surface area contributed by atoms with Crippen LogP contribution in [-0.4, -0.2) is 65.9 Å². The van der Waals surface area contributed by atoms with Crippen LogP contribution < -0.4 is 14.2 Å². The first kappa shape index (κ1) is 30.8. The molecule has 1 aliphatic rings. The van der Waals surface area contributed by atoms with Crippen LogP contribution in [0.1, 0.15) is 37.3 Å². The van der Waals surface area contributed by atoms with Crippen molar-refractivity contribution >= 4 is 12.9 Å². The molecule has 1 unspecified atom stereocenters. The Hall–Kier alpha value is -3.26. The average Bonchev–Trinajstić information content (AvgIpc) is 2.92. The van der Waals surface area contributed by atoms with Gasteiger partial charge in [-0.1, -0.05) is 37.3 Å². The Balaban J connectivity index is 0.000000300. The van der Waals surface area contributed by atoms with E-state index in [1.54, 1.807) is 28.4 Å². The molecule has 8 nitrogen and oxygen atoms in total. The number of carbonyl (C=O) groups excluding carboxylic acids is 2. The van der Waals surface area contributed by atoms with Gasteiger partial charge in [-0.15, -0.1) is 0 Å². The summed E-state index contributed by atoms with van der Waals surface area (Å²) in [4.78, 5) is 22.1. The maximum atomic E-state index is 10.2. The highest BCUT2D eigenvalue weighted by molar-refractivity contribution is 5.53. The van der Waals surface area contributed by atoms with Crippen molar-refractivity contribution in [3.63, 3.8) is 0 Å². The smallest absolute Gasteiger partial charge is 0.293 e. The summed E-state index contributed by atoms with van der Waals surface area (Å²) in [6.07, 6.45) is 4.93. The molecule has 1 fully saturated rings. The lowest BCUT2D eigenvalue weighted by Gasteiger charge is -2.27. The van der Waals surface area contributed by atoms with E-state index in [9.17, 15) is 9.59 Å². The third-order valence-corrected chi connectivity index (χ3v) is 5.51. The molecule has 0 aliphatic carbocycles. The van der Waals surface area contributed by atoms with E-state index in [-0.39, 0.29) is 0 Å². The summed E-state index contributed by atoms with van der Waals surface area (Å²) >= 11 is 0. The van der Waals surface area contributed by atoms with Crippen molar-refractivity contribution in [1.82, 2.24) is 4.90 Å². The molecular formula is C28H41NO7. The Morgan fingerprint density at radius 1 is 0.944 bits per heavy atom. The average molecular weight is 504 g/mol. The lowest BCUT2D eigenvalue weighted by Crippen LogP contribution is -2.32. The molecule has 200 valence electrons. The Morgan fingerprint density at radius 2 is 1.61 bits per heavy atom. The normalized spacial score (nSPS) is 14.2. The van der Waals surface area contributed by atoms with Gasteiger partial charge in [0, 0.05) is 20.2 Å². The van der Waals surface area contributed by atoms with Crippen molar-refractivity contribution < 1.29 is 33.3 Å². The molecule has 1 atom stereocenters. The second-order valence-corrected chi connectivity index (χ2v) is 8.37. The van der Waals surface area contributed by atoms with Gasteiger partial charge in [0.1, 0.15) is 0 Å². The zero-order chi connectivity index (χ0) is 26.6. The predicted octanol–water partition coefficient (Wildman–Crippen LogP) is 4.53. The van der Waals surface area contributed by atoms with Crippen LogP contribution in [0.15, 0.2) is 42.5 Å². The maximum Gasteiger partial charge on any atom is 0.293 e. The Bertz CT molecular complexity index is 835. The van der Waals surface area contributed by atoms with Crippen LogP contribution in [0.3, 0.4) is 0 Å². The summed E-state index contributed by atoms with van der Waals surface area (Å²) in [6, 6.07) is 13.9. The van der Waals surface area contributed by atoms with Crippen LogP contribution in [0, 0.1) is 5.92 Å². The summed E-state index contributed by atoms with van der Waals surface area (Å²) in [6.45, 7) is 5.68. The molecule has 0 N–H and O–H groups in total. The Labute approximate surface area is 215 Å². The van der Waals surface area contributed by atoms with Gasteiger partial charge in [-0.3, -0.25) is 9.59 Å². The number of benzene rings is 2. The number of likely N-dealkylation sites (tertiary alicyclic amines) is 1. The maximum absolute atomic E-state index is 10.2. The quantitative estimate of drug-likeness (QED) is 0.329. The minimum absolute atomic E-state index is 0.403. The number of amides is 1. The summed E-state index contributed by atoms with van der Waals surface area (Å²) < 4.78 is 25.3. The fourth-order valence-corrected chi connectivity index (χ4v) is 3.75. The number of carbonyl (C=O) groups is 2. The Kier molecular flexibility index (Phi) is 16.2. The number of aryl methyl sites for hydroxylation is 1. The second-order valence-electron chi connectivity index (χ2n) is 8.37. The molecule has 1 aliphatic heterocycles. The molecule has 3 rings (SSSR count). The molecule has 8 heteroatoms. The van der Waals surface area contributed by atoms with Gasteiger partial charge in [-0.25, -0.2) is 0 Å². The van der Waals surface area contributed by atoms with Crippen LogP contribution in [0.2, 0.25) is 0 Å². The van der Waals surface area contributed by atoms with Crippen LogP contribution in [0.25, 0.3) is 0 Å². The number of hydrogen-bond acceptors (Lipinski definition) is 7. The molecule has 0 bridgehead atoms. The number of hydrogen-bond donors (Lipinski definition) is 0. The standard InChI is InChI=1S/C13H18O5.C8H10O.C7H13NO/c1-15-11-7-10(5-4-6-18-9-14)8-12(16-2)13(11)17-3;1-9-7-8-5-3-2-4-6-8;1-7-3-2-4-8(5-7)6-9/h7-9H,4-6H2,1-3H3;2-6H,7H2,1H3;6-7H,2-5H2,1H3. The van der Waals surface area contributed by atoms with E-state index in [1.807, 2.05) is 47.4 Å². The van der Waals surface area contributed by atoms with Crippen molar-refractivity contribution in [2.45, 2.75) is 39.2 Å². The third-order valence-electron chi connectivity index (χ3n) is 5.51. The van der Waals surface area contributed by atoms with Gasteiger partial charge in [-0.05, 0) is 54.9 Å². The van der Waals surface area contributed by atoms with Crippen molar-refractivity contribution in [3.8, 4) is 17.2 Å². The minimum atomic E-state index is 0.403. The molecule has 0 aromatic heterocycles. The van der Waals surface area contributed by atoms with Crippen molar-refractivity contribution in [2.75, 3.05) is 48.1 Å². The molecule has 1 amide bonds. The molecule has 36 heavy (non-hydrogen) atoms. The Morgan fingerprint density at radius 3 is 2.08 bits per heavy atom. The van der Waals surface area contributed by atoms with Crippen LogP contribution in [-0.2, 0) is 32.1 Å². The van der Waals surface area contributed by atoms with E-state index in [0.29, 0.717) is 42.9 Å². The minimum Gasteiger partial charge on any atom is -0.493 e. The fraction of sp³-hybridized carbons (Fsp3) is 0.500. The number of ether oxygens (including phenoxy) is 5. The highest BCUT2D eigenvalue weighted by atomic mass is 16.5. The van der Waals surface area contributed by atoms with Crippen molar-refractivity contribution in [3.05, 3.63) is 53.6 Å². The lowest BCUT2D eigenvalue weighted by atomic mass is 10.0. The van der Waals surface area contributed by atoms with Crippen LogP contribution in [0.4, 0.5) is 0 Å². The highest BCUT2D eigenvalue weighted by Gasteiger charge is 2.14. The summed E-state index contributed by atoms with van der Waals surface area (Å²) in [5.41, 5.74) is 2.26. The second kappa shape index (κ2) is 19.0. The molecule has 0 radical (unpaired) electrons. The number of rotatable bonds is 11. The van der Waals surface area contributed by atoms with E-state index in [4.69, 9.17) is 18.9 Å². The molecule has 1 saturated heterocycles. The molecular weight excluding hydrogens is 462 g/mol. The van der Waals surface area contributed by atoms with Crippen LogP contribution in [0.5, 0.6) is 17.2 Å². The van der Waals surface area contributed by atoms with Gasteiger partial charge in [0.15, 0.2) is 11.5 Å². The summed E-state index contributed by atoms with van der Waals surface area (Å²) in [7, 11) is 6.43. The first-order valence-electron chi connectivity index (χ1n) is 12.1. The van der Waals surface area contributed by atoms with Gasteiger partial charge in [0.05, 0.1) is 34.5 Å². The van der Waals surface area contributed by atoms with E-state index in [2.05, 4.69) is 11.7 Å². The summed E-state index contributed by atoms with van der Waals surface area (Å²) in [5.74, 6) is 2.54. The van der Waals surface area contributed by atoms with E-state index in [1.165, 1.54) is 18.4 Å². The zero-order valence-corrected chi connectivity index (χ0v) is 22.2. The van der Waals surface area contributed by atoms with Gasteiger partial charge in [-0.2, -0.15) is 0 Å². The lowest BCUT2D eigenvalue weighted by molar-refractivity contribution is -0.128. The van der Waals surface area contributed by atoms with Crippen LogP contribution >= 0.6 is 0 Å². The van der Waals surface area contributed by atoms with Gasteiger partial charge in [0.25, 0.3) is 6.47 Å². The first-order valence-corrected chi connectivity index (χ1v) is 12.1. The van der Waals surface area contributed by atoms with Crippen molar-refractivity contribution in [1.29, 1.82) is 0 Å². The summed E-state index contributed by atoms with van der Waals surface area (Å²) in [5, 5.41) is 0. The SMILES string of the molecule is CC1CCCN(C=O)C1.COCc1ccccc1.COc1cc(CCCOC=O)cc(OC)c1OC. The monoisotopic (exact) mass is 503 g/mol. The number of nitrogens with zero attached hydrogens (tertiary/aromatic N) is 1. The molecule has 0 saturated carbocycles. The molecule has 1 heterocycles. The first-order chi connectivity index (χ1) is 17.5. The molecule has 2 aromatic carbocycles. The largest absolute Gasteiger partial charge is 0.493 e. The topological polar surface area (TPSA) is 83.5 Å². The fourth-order valence-electron chi connectivity index (χ4n) is 3.75. The van der Waals surface area contributed by atoms with Gasteiger partial charge < -0.3 is 28.6 Å². The van der Waals surface area contributed by atoms with E-state index in [0.717, 1.165) is 37.9 Å². The predicted molar refractivity (Wildman–Crippen MR) is 140 cm³/mol. The number of methoxy groups -OCH3 is 4. The zero-order valence-electron chi connectivity index (χ0n) is 22.2. The third kappa shape index (κ3) is 11.9. The van der Waals surface area contributed by atoms with Gasteiger partial charge in [0.2, 0.25) is 12.2 Å². The highest BCUT2D eigenvalue weighted by Crippen LogP contribution is 2.38. The van der Waals surface area contributed by atoms with E-state index >= 15 is 0 Å². The molecule has 2 aromatic rings. The van der Waals surface area contributed by atoms with E-state index < -0.39 is 0 Å². The van der Waals surface area contributed by atoms with Gasteiger partial charge >= 0.3 is 0 Å². The van der Waals surface area contributed by atoms with Crippen molar-refractivity contribution in [2.24, 2.45) is 5.92 Å². The molecule has 0 spiro atoms. The number of piperidine rings is 1.